The zero-order valence-corrected chi connectivity index (χ0v) is 16.2. The fraction of sp³-hybridized carbons (Fsp3) is 0.619. The summed E-state index contributed by atoms with van der Waals surface area (Å²) in [4.78, 5) is 15.2. The predicted molar refractivity (Wildman–Crippen MR) is 104 cm³/mol. The van der Waals surface area contributed by atoms with Crippen molar-refractivity contribution in [3.8, 4) is 11.8 Å². The molecule has 2 heterocycles. The van der Waals surface area contributed by atoms with Crippen LogP contribution in [0.25, 0.3) is 0 Å². The molecule has 2 aliphatic heterocycles. The minimum atomic E-state index is -0.243. The summed E-state index contributed by atoms with van der Waals surface area (Å²) in [5.74, 6) is 0.826. The van der Waals surface area contributed by atoms with Gasteiger partial charge in [0, 0.05) is 25.0 Å². The summed E-state index contributed by atoms with van der Waals surface area (Å²) in [5.41, 5.74) is 2.17. The van der Waals surface area contributed by atoms with E-state index in [1.54, 1.807) is 12.1 Å². The lowest BCUT2D eigenvalue weighted by atomic mass is 9.94. The molecule has 3 rings (SSSR count). The molecule has 0 bridgehead atoms. The van der Waals surface area contributed by atoms with E-state index >= 15 is 0 Å². The number of likely N-dealkylation sites (tertiary alicyclic amines) is 1. The number of hydrogen-bond acceptors (Lipinski definition) is 5. The van der Waals surface area contributed by atoms with Gasteiger partial charge in [0.1, 0.15) is 5.75 Å². The quantitative estimate of drug-likeness (QED) is 0.735. The molecule has 1 fully saturated rings. The average molecular weight is 370 g/mol. The van der Waals surface area contributed by atoms with Crippen molar-refractivity contribution in [3.05, 3.63) is 29.3 Å². The van der Waals surface area contributed by atoms with E-state index in [4.69, 9.17) is 5.26 Å². The molecular formula is C21H30N4O2. The van der Waals surface area contributed by atoms with Crippen LogP contribution in [0.4, 0.5) is 0 Å². The molecule has 1 amide bonds. The van der Waals surface area contributed by atoms with Crippen LogP contribution >= 0.6 is 0 Å². The summed E-state index contributed by atoms with van der Waals surface area (Å²) < 4.78 is 0. The van der Waals surface area contributed by atoms with Gasteiger partial charge in [-0.3, -0.25) is 4.79 Å². The molecule has 0 saturated carbocycles. The third kappa shape index (κ3) is 5.00. The Bertz CT molecular complexity index is 705. The van der Waals surface area contributed by atoms with E-state index < -0.39 is 0 Å². The van der Waals surface area contributed by atoms with Crippen LogP contribution < -0.4 is 10.6 Å². The van der Waals surface area contributed by atoms with Gasteiger partial charge in [0.2, 0.25) is 5.91 Å². The normalized spacial score (nSPS) is 22.1. The summed E-state index contributed by atoms with van der Waals surface area (Å²) in [6, 6.07) is 7.57. The van der Waals surface area contributed by atoms with Crippen LogP contribution in [-0.2, 0) is 17.8 Å². The molecule has 0 aromatic heterocycles. The third-order valence-electron chi connectivity index (χ3n) is 5.83. The fourth-order valence-electron chi connectivity index (χ4n) is 3.92. The molecule has 146 valence electrons. The molecule has 6 nitrogen and oxygen atoms in total. The highest BCUT2D eigenvalue weighted by molar-refractivity contribution is 5.82. The largest absolute Gasteiger partial charge is 0.508 e. The lowest BCUT2D eigenvalue weighted by Gasteiger charge is -2.35. The van der Waals surface area contributed by atoms with Crippen molar-refractivity contribution >= 4 is 5.91 Å². The van der Waals surface area contributed by atoms with Crippen LogP contribution in [0.2, 0.25) is 0 Å². The van der Waals surface area contributed by atoms with E-state index in [9.17, 15) is 9.90 Å². The summed E-state index contributed by atoms with van der Waals surface area (Å²) >= 11 is 0. The fourth-order valence-corrected chi connectivity index (χ4v) is 3.92. The lowest BCUT2D eigenvalue weighted by Crippen LogP contribution is -2.54. The second-order valence-electron chi connectivity index (χ2n) is 8.15. The first-order valence-electron chi connectivity index (χ1n) is 9.92. The molecule has 0 unspecified atom stereocenters. The number of carbonyl (C=O) groups excluding carboxylic acids is 1. The van der Waals surface area contributed by atoms with Gasteiger partial charge >= 0.3 is 0 Å². The Morgan fingerprint density at radius 3 is 2.78 bits per heavy atom. The van der Waals surface area contributed by atoms with Gasteiger partial charge in [-0.1, -0.05) is 19.9 Å². The Labute approximate surface area is 161 Å². The highest BCUT2D eigenvalue weighted by atomic mass is 16.3. The number of nitrogens with zero attached hydrogens (tertiary/aromatic N) is 2. The molecule has 6 heteroatoms. The molecule has 1 saturated heterocycles. The van der Waals surface area contributed by atoms with Crippen LogP contribution in [0.15, 0.2) is 18.2 Å². The molecule has 3 N–H and O–H groups in total. The first kappa shape index (κ1) is 19.7. The minimum Gasteiger partial charge on any atom is -0.508 e. The first-order valence-corrected chi connectivity index (χ1v) is 9.92. The van der Waals surface area contributed by atoms with Crippen molar-refractivity contribution in [2.45, 2.75) is 51.7 Å². The van der Waals surface area contributed by atoms with Gasteiger partial charge in [-0.15, -0.1) is 0 Å². The van der Waals surface area contributed by atoms with Crippen LogP contribution in [0, 0.1) is 23.2 Å². The summed E-state index contributed by atoms with van der Waals surface area (Å²) in [7, 11) is 0. The van der Waals surface area contributed by atoms with Crippen LogP contribution in [-0.4, -0.2) is 47.6 Å². The van der Waals surface area contributed by atoms with Crippen molar-refractivity contribution in [2.75, 3.05) is 19.6 Å². The van der Waals surface area contributed by atoms with Crippen molar-refractivity contribution in [1.82, 2.24) is 15.5 Å². The number of carbonyl (C=O) groups is 1. The molecule has 2 atom stereocenters. The van der Waals surface area contributed by atoms with E-state index in [2.05, 4.69) is 35.5 Å². The number of fused-ring (bicyclic) bond motifs is 1. The van der Waals surface area contributed by atoms with Gasteiger partial charge in [-0.25, -0.2) is 0 Å². The molecule has 1 aromatic carbocycles. The summed E-state index contributed by atoms with van der Waals surface area (Å²) in [6.07, 6.45) is 2.48. The second-order valence-corrected chi connectivity index (χ2v) is 8.15. The number of rotatable bonds is 5. The number of aromatic hydroxyl groups is 1. The number of phenols is 1. The number of benzene rings is 1. The molecule has 2 aliphatic rings. The number of piperidine rings is 1. The van der Waals surface area contributed by atoms with Crippen LogP contribution in [0.1, 0.15) is 37.8 Å². The molecular weight excluding hydrogens is 340 g/mol. The molecule has 0 radical (unpaired) electrons. The zero-order valence-electron chi connectivity index (χ0n) is 16.2. The number of phenolic OH excluding ortho intramolecular Hbond substituents is 1. The number of nitrogens with one attached hydrogen (secondary N) is 2. The van der Waals surface area contributed by atoms with Crippen molar-refractivity contribution in [3.63, 3.8) is 0 Å². The van der Waals surface area contributed by atoms with Crippen molar-refractivity contribution < 1.29 is 9.90 Å². The SMILES string of the molecule is CC(C)[C@@H](CN1CCC(C#N)CC1)NC(=O)[C@H]1Cc2ccc(O)cc2CN1. The minimum absolute atomic E-state index is 0.0411. The molecule has 27 heavy (non-hydrogen) atoms. The zero-order chi connectivity index (χ0) is 19.4. The van der Waals surface area contributed by atoms with Crippen LogP contribution in [0.3, 0.4) is 0 Å². The van der Waals surface area contributed by atoms with Crippen molar-refractivity contribution in [2.24, 2.45) is 11.8 Å². The molecule has 0 spiro atoms. The Kier molecular flexibility index (Phi) is 6.35. The maximum atomic E-state index is 12.8. The number of nitriles is 1. The highest BCUT2D eigenvalue weighted by Gasteiger charge is 2.28. The van der Waals surface area contributed by atoms with Gasteiger partial charge in [-0.05, 0) is 61.5 Å². The lowest BCUT2D eigenvalue weighted by molar-refractivity contribution is -0.124. The average Bonchev–Trinajstić information content (AvgIpc) is 2.67. The number of hydrogen-bond donors (Lipinski definition) is 3. The molecule has 0 aliphatic carbocycles. The Hall–Kier alpha value is -2.10. The standard InChI is InChI=1S/C21H30N4O2/c1-14(2)20(13-25-7-5-15(11-22)6-8-25)24-21(27)19-10-16-3-4-18(26)9-17(16)12-23-19/h3-4,9,14-15,19-20,23,26H,5-8,10,12-13H2,1-2H3,(H,24,27)/t19-,20-/m1/s1. The predicted octanol–water partition coefficient (Wildman–Crippen LogP) is 1.78. The Morgan fingerprint density at radius 2 is 2.11 bits per heavy atom. The van der Waals surface area contributed by atoms with Gasteiger partial charge in [-0.2, -0.15) is 5.26 Å². The molecule has 1 aromatic rings. The van der Waals surface area contributed by atoms with E-state index in [0.29, 0.717) is 18.9 Å². The summed E-state index contributed by atoms with van der Waals surface area (Å²) in [5, 5.41) is 25.2. The van der Waals surface area contributed by atoms with E-state index in [0.717, 1.165) is 43.6 Å². The van der Waals surface area contributed by atoms with Gasteiger partial charge in [0.05, 0.1) is 12.1 Å². The topological polar surface area (TPSA) is 88.4 Å². The highest BCUT2D eigenvalue weighted by Crippen LogP contribution is 2.22. The van der Waals surface area contributed by atoms with Gasteiger partial charge < -0.3 is 20.6 Å². The van der Waals surface area contributed by atoms with E-state index in [1.807, 2.05) is 6.07 Å². The Morgan fingerprint density at radius 1 is 1.37 bits per heavy atom. The third-order valence-corrected chi connectivity index (χ3v) is 5.83. The number of amides is 1. The van der Waals surface area contributed by atoms with E-state index in [1.165, 1.54) is 0 Å². The summed E-state index contributed by atoms with van der Waals surface area (Å²) in [6.45, 7) is 7.55. The van der Waals surface area contributed by atoms with Crippen molar-refractivity contribution in [1.29, 1.82) is 5.26 Å². The van der Waals surface area contributed by atoms with Gasteiger partial charge in [0.15, 0.2) is 0 Å². The van der Waals surface area contributed by atoms with Gasteiger partial charge in [0.25, 0.3) is 0 Å². The van der Waals surface area contributed by atoms with Crippen LogP contribution in [0.5, 0.6) is 5.75 Å². The first-order chi connectivity index (χ1) is 13.0. The maximum Gasteiger partial charge on any atom is 0.237 e. The monoisotopic (exact) mass is 370 g/mol. The van der Waals surface area contributed by atoms with E-state index in [-0.39, 0.29) is 29.7 Å². The second kappa shape index (κ2) is 8.73. The Balaban J connectivity index is 1.56. The smallest absolute Gasteiger partial charge is 0.237 e. The maximum absolute atomic E-state index is 12.8.